The third-order valence-corrected chi connectivity index (χ3v) is 4.29. The van der Waals surface area contributed by atoms with Crippen LogP contribution in [0.3, 0.4) is 0 Å². The van der Waals surface area contributed by atoms with Gasteiger partial charge >= 0.3 is 0 Å². The first-order valence-electron chi connectivity index (χ1n) is 8.64. The largest absolute Gasteiger partial charge is 0.465 e. The number of likely N-dealkylation sites (tertiary alicyclic amines) is 1. The van der Waals surface area contributed by atoms with Gasteiger partial charge < -0.3 is 14.6 Å². The molecule has 0 unspecified atom stereocenters. The minimum atomic E-state index is -0.0565. The Hall–Kier alpha value is -2.33. The van der Waals surface area contributed by atoms with Crippen LogP contribution >= 0.6 is 0 Å². The van der Waals surface area contributed by atoms with Gasteiger partial charge in [0.1, 0.15) is 5.76 Å². The maximum absolute atomic E-state index is 12.6. The second-order valence-corrected chi connectivity index (χ2v) is 6.10. The van der Waals surface area contributed by atoms with Gasteiger partial charge in [-0.15, -0.1) is 0 Å². The number of hydrogen-bond donors (Lipinski definition) is 1. The van der Waals surface area contributed by atoms with E-state index in [9.17, 15) is 4.79 Å². The summed E-state index contributed by atoms with van der Waals surface area (Å²) in [4.78, 5) is 15.1. The lowest BCUT2D eigenvalue weighted by Crippen LogP contribution is -2.29. The summed E-state index contributed by atoms with van der Waals surface area (Å²) in [5, 5.41) is 3.04. The van der Waals surface area contributed by atoms with Crippen molar-refractivity contribution >= 4 is 17.6 Å². The number of furan rings is 1. The molecule has 0 bridgehead atoms. The van der Waals surface area contributed by atoms with E-state index in [1.54, 1.807) is 12.3 Å². The van der Waals surface area contributed by atoms with Gasteiger partial charge in [0.2, 0.25) is 0 Å². The van der Waals surface area contributed by atoms with Crippen LogP contribution < -0.4 is 5.32 Å². The summed E-state index contributed by atoms with van der Waals surface area (Å²) < 4.78 is 5.37. The highest BCUT2D eigenvalue weighted by molar-refractivity contribution is 6.24. The second-order valence-electron chi connectivity index (χ2n) is 6.10. The van der Waals surface area contributed by atoms with Crippen LogP contribution in [0.5, 0.6) is 0 Å². The van der Waals surface area contributed by atoms with Crippen LogP contribution in [0.4, 0.5) is 0 Å². The topological polar surface area (TPSA) is 45.5 Å². The Labute approximate surface area is 143 Å². The second kappa shape index (κ2) is 8.50. The van der Waals surface area contributed by atoms with E-state index >= 15 is 0 Å². The van der Waals surface area contributed by atoms with Crippen molar-refractivity contribution in [3.05, 3.63) is 60.1 Å². The number of amides is 1. The zero-order valence-corrected chi connectivity index (χ0v) is 13.9. The summed E-state index contributed by atoms with van der Waals surface area (Å²) in [6.45, 7) is 4.14. The molecule has 1 aliphatic heterocycles. The molecule has 1 fully saturated rings. The Morgan fingerprint density at radius 3 is 2.62 bits per heavy atom. The molecule has 2 aromatic rings. The van der Waals surface area contributed by atoms with Crippen molar-refractivity contribution in [1.29, 1.82) is 0 Å². The van der Waals surface area contributed by atoms with Crippen molar-refractivity contribution in [3.63, 3.8) is 0 Å². The van der Waals surface area contributed by atoms with Crippen LogP contribution in [0.2, 0.25) is 0 Å². The molecule has 4 heteroatoms. The lowest BCUT2D eigenvalue weighted by Gasteiger charge is -2.15. The maximum Gasteiger partial charge on any atom is 0.252 e. The smallest absolute Gasteiger partial charge is 0.252 e. The Kier molecular flexibility index (Phi) is 5.85. The quantitative estimate of drug-likeness (QED) is 0.627. The molecule has 0 atom stereocenters. The summed E-state index contributed by atoms with van der Waals surface area (Å²) in [6.07, 6.45) is 6.99. The zero-order valence-electron chi connectivity index (χ0n) is 13.9. The SMILES string of the molecule is O=C(NCCCN1CCCC1)/C(=C/c1ccco1)c1ccccc1. The Morgan fingerprint density at radius 2 is 1.92 bits per heavy atom. The summed E-state index contributed by atoms with van der Waals surface area (Å²) in [7, 11) is 0. The molecule has 126 valence electrons. The molecule has 2 heterocycles. The summed E-state index contributed by atoms with van der Waals surface area (Å²) in [5.41, 5.74) is 1.53. The number of hydrogen-bond acceptors (Lipinski definition) is 3. The van der Waals surface area contributed by atoms with Gasteiger partial charge in [0.15, 0.2) is 0 Å². The average molecular weight is 324 g/mol. The van der Waals surface area contributed by atoms with Crippen molar-refractivity contribution in [2.45, 2.75) is 19.3 Å². The minimum absolute atomic E-state index is 0.0565. The molecule has 0 saturated carbocycles. The molecule has 0 spiro atoms. The number of nitrogens with zero attached hydrogens (tertiary/aromatic N) is 1. The molecule has 0 aliphatic carbocycles. The van der Waals surface area contributed by atoms with Gasteiger partial charge in [-0.05, 0) is 62.7 Å². The Balaban J connectivity index is 1.61. The fraction of sp³-hybridized carbons (Fsp3) is 0.350. The fourth-order valence-corrected chi connectivity index (χ4v) is 3.02. The van der Waals surface area contributed by atoms with E-state index in [1.165, 1.54) is 25.9 Å². The first kappa shape index (κ1) is 16.5. The van der Waals surface area contributed by atoms with Gasteiger partial charge in [0, 0.05) is 6.54 Å². The van der Waals surface area contributed by atoms with E-state index < -0.39 is 0 Å². The van der Waals surface area contributed by atoms with Crippen LogP contribution in [-0.4, -0.2) is 37.0 Å². The molecular weight excluding hydrogens is 300 g/mol. The molecule has 1 amide bonds. The van der Waals surface area contributed by atoms with E-state index in [-0.39, 0.29) is 5.91 Å². The van der Waals surface area contributed by atoms with E-state index in [2.05, 4.69) is 10.2 Å². The van der Waals surface area contributed by atoms with Crippen molar-refractivity contribution in [1.82, 2.24) is 10.2 Å². The van der Waals surface area contributed by atoms with Crippen LogP contribution in [0.1, 0.15) is 30.6 Å². The van der Waals surface area contributed by atoms with Crippen molar-refractivity contribution in [2.24, 2.45) is 0 Å². The normalized spacial score (nSPS) is 15.6. The first-order valence-corrected chi connectivity index (χ1v) is 8.64. The fourth-order valence-electron chi connectivity index (χ4n) is 3.02. The number of rotatable bonds is 7. The van der Waals surface area contributed by atoms with Crippen LogP contribution in [0.25, 0.3) is 11.6 Å². The molecule has 3 rings (SSSR count). The predicted molar refractivity (Wildman–Crippen MR) is 96.3 cm³/mol. The van der Waals surface area contributed by atoms with Crippen LogP contribution in [0.15, 0.2) is 53.1 Å². The number of nitrogens with one attached hydrogen (secondary N) is 1. The maximum atomic E-state index is 12.6. The molecular formula is C20H24N2O2. The van der Waals surface area contributed by atoms with E-state index in [0.29, 0.717) is 17.9 Å². The van der Waals surface area contributed by atoms with Gasteiger partial charge in [-0.25, -0.2) is 0 Å². The van der Waals surface area contributed by atoms with Gasteiger partial charge in [-0.1, -0.05) is 30.3 Å². The van der Waals surface area contributed by atoms with Crippen molar-refractivity contribution in [2.75, 3.05) is 26.2 Å². The highest BCUT2D eigenvalue weighted by Crippen LogP contribution is 2.18. The molecule has 24 heavy (non-hydrogen) atoms. The van der Waals surface area contributed by atoms with E-state index in [0.717, 1.165) is 18.5 Å². The molecule has 0 radical (unpaired) electrons. The predicted octanol–water partition coefficient (Wildman–Crippen LogP) is 3.42. The van der Waals surface area contributed by atoms with Crippen molar-refractivity contribution < 1.29 is 9.21 Å². The molecule has 1 aromatic heterocycles. The van der Waals surface area contributed by atoms with Gasteiger partial charge in [-0.3, -0.25) is 4.79 Å². The minimum Gasteiger partial charge on any atom is -0.465 e. The van der Waals surface area contributed by atoms with Gasteiger partial charge in [0.05, 0.1) is 11.8 Å². The van der Waals surface area contributed by atoms with Crippen LogP contribution in [-0.2, 0) is 4.79 Å². The van der Waals surface area contributed by atoms with Crippen molar-refractivity contribution in [3.8, 4) is 0 Å². The zero-order chi connectivity index (χ0) is 16.6. The Morgan fingerprint density at radius 1 is 1.12 bits per heavy atom. The third kappa shape index (κ3) is 4.59. The summed E-state index contributed by atoms with van der Waals surface area (Å²) >= 11 is 0. The lowest BCUT2D eigenvalue weighted by atomic mass is 10.0. The van der Waals surface area contributed by atoms with E-state index in [1.807, 2.05) is 42.5 Å². The summed E-state index contributed by atoms with van der Waals surface area (Å²) in [6, 6.07) is 13.4. The summed E-state index contributed by atoms with van der Waals surface area (Å²) in [5.74, 6) is 0.625. The van der Waals surface area contributed by atoms with E-state index in [4.69, 9.17) is 4.42 Å². The molecule has 1 saturated heterocycles. The first-order chi connectivity index (χ1) is 11.8. The number of carbonyl (C=O) groups is 1. The Bertz CT molecular complexity index is 656. The lowest BCUT2D eigenvalue weighted by molar-refractivity contribution is -0.115. The highest BCUT2D eigenvalue weighted by Gasteiger charge is 2.14. The molecule has 1 aliphatic rings. The molecule has 4 nitrogen and oxygen atoms in total. The number of benzene rings is 1. The average Bonchev–Trinajstić information content (AvgIpc) is 3.31. The van der Waals surface area contributed by atoms with Crippen LogP contribution in [0, 0.1) is 0 Å². The third-order valence-electron chi connectivity index (χ3n) is 4.29. The highest BCUT2D eigenvalue weighted by atomic mass is 16.3. The monoisotopic (exact) mass is 324 g/mol. The number of carbonyl (C=O) groups excluding carboxylic acids is 1. The molecule has 1 aromatic carbocycles. The van der Waals surface area contributed by atoms with Gasteiger partial charge in [-0.2, -0.15) is 0 Å². The van der Waals surface area contributed by atoms with Gasteiger partial charge in [0.25, 0.3) is 5.91 Å². The standard InChI is InChI=1S/C20H24N2O2/c23-20(21-11-7-14-22-12-4-5-13-22)19(16-18-10-6-15-24-18)17-8-2-1-3-9-17/h1-3,6,8-10,15-16H,4-5,7,11-14H2,(H,21,23)/b19-16+. The molecule has 1 N–H and O–H groups in total.